The Morgan fingerprint density at radius 3 is 1.08 bits per heavy atom. The zero-order valence-electron chi connectivity index (χ0n) is 22.1. The summed E-state index contributed by atoms with van der Waals surface area (Å²) in [5, 5.41) is 71.6. The van der Waals surface area contributed by atoms with Gasteiger partial charge in [-0.2, -0.15) is 0 Å². The summed E-state index contributed by atoms with van der Waals surface area (Å²) in [5.41, 5.74) is -3.81. The summed E-state index contributed by atoms with van der Waals surface area (Å²) in [4.78, 5) is 42.2. The number of carboxylic acids is 4. The van der Waals surface area contributed by atoms with Gasteiger partial charge in [0.2, 0.25) is 0 Å². The molecule has 1 rings (SSSR count). The van der Waals surface area contributed by atoms with Crippen molar-refractivity contribution in [2.75, 3.05) is 19.8 Å². The lowest BCUT2D eigenvalue weighted by Gasteiger charge is -2.26. The summed E-state index contributed by atoms with van der Waals surface area (Å²) in [6, 6.07) is 8.99. The van der Waals surface area contributed by atoms with Gasteiger partial charge in [-0.05, 0) is 37.3 Å². The van der Waals surface area contributed by atoms with Crippen LogP contribution < -0.4 is 0 Å². The van der Waals surface area contributed by atoms with Gasteiger partial charge in [-0.3, -0.25) is 19.2 Å². The molecule has 0 spiro atoms. The summed E-state index contributed by atoms with van der Waals surface area (Å²) in [6.45, 7) is 4.69. The molecule has 1 aromatic carbocycles. The van der Waals surface area contributed by atoms with E-state index in [0.29, 0.717) is 0 Å². The molecule has 0 aliphatic heterocycles. The fraction of sp³-hybridized carbons (Fsp3) is 0.538. The van der Waals surface area contributed by atoms with Gasteiger partial charge in [0.25, 0.3) is 0 Å². The third-order valence-electron chi connectivity index (χ3n) is 6.61. The van der Waals surface area contributed by atoms with E-state index in [2.05, 4.69) is 0 Å². The summed E-state index contributed by atoms with van der Waals surface area (Å²) in [5.74, 6) is -5.25. The lowest BCUT2D eigenvalue weighted by molar-refractivity contribution is -0.167. The van der Waals surface area contributed by atoms with Crippen molar-refractivity contribution in [3.8, 4) is 0 Å². The molecule has 0 atom stereocenters. The second-order valence-corrected chi connectivity index (χ2v) is 8.49. The molecular weight excluding hydrogens is 504 g/mol. The van der Waals surface area contributed by atoms with Crippen LogP contribution in [-0.2, 0) is 19.2 Å². The van der Waals surface area contributed by atoms with E-state index in [4.69, 9.17) is 35.7 Å². The number of rotatable bonds is 13. The van der Waals surface area contributed by atoms with Crippen molar-refractivity contribution in [1.82, 2.24) is 0 Å². The topological polar surface area (TPSA) is 230 Å². The molecule has 0 amide bonds. The molecule has 0 heterocycles. The van der Waals surface area contributed by atoms with Gasteiger partial charge in [0.15, 0.2) is 10.8 Å². The predicted molar refractivity (Wildman–Crippen MR) is 137 cm³/mol. The Morgan fingerprint density at radius 2 is 0.895 bits per heavy atom. The zero-order valence-corrected chi connectivity index (χ0v) is 22.1. The number of hydrogen-bond acceptors (Lipinski definition) is 8. The molecule has 12 heteroatoms. The molecule has 0 aromatic heterocycles. The van der Waals surface area contributed by atoms with Crippen LogP contribution in [0.4, 0.5) is 0 Å². The van der Waals surface area contributed by atoms with E-state index < -0.39 is 59.9 Å². The zero-order chi connectivity index (χ0) is 30.2. The Morgan fingerprint density at radius 1 is 0.605 bits per heavy atom. The second kappa shape index (κ2) is 17.1. The number of aliphatic hydroxyl groups is 4. The molecule has 0 saturated heterocycles. The minimum atomic E-state index is -1.58. The number of carbonyl (C=O) groups is 4. The van der Waals surface area contributed by atoms with Crippen molar-refractivity contribution < 1.29 is 60.0 Å². The van der Waals surface area contributed by atoms with E-state index in [9.17, 15) is 24.3 Å². The van der Waals surface area contributed by atoms with Gasteiger partial charge in [-0.1, -0.05) is 58.0 Å². The first kappa shape index (κ1) is 36.7. The summed E-state index contributed by atoms with van der Waals surface area (Å²) in [7, 11) is 0. The van der Waals surface area contributed by atoms with E-state index >= 15 is 0 Å². The molecule has 12 nitrogen and oxygen atoms in total. The number of benzene rings is 1. The first-order chi connectivity index (χ1) is 17.7. The number of aliphatic hydroxyl groups excluding tert-OH is 4. The van der Waals surface area contributed by atoms with E-state index in [1.165, 1.54) is 6.08 Å². The predicted octanol–water partition coefficient (Wildman–Crippen LogP) is 2.47. The maximum Gasteiger partial charge on any atom is 0.321 e. The average molecular weight is 545 g/mol. The lowest BCUT2D eigenvalue weighted by atomic mass is 9.83. The lowest BCUT2D eigenvalue weighted by Crippen LogP contribution is -2.38. The SMILES string of the molecule is CCC(CC)(C(=O)O)C(=O)O.CCC(CC)(C(=O)O)C(=O)O.OCC(CO)(CO)C(O)=Cc1ccccc1. The number of carboxylic acid groups (broad SMARTS) is 4. The molecule has 0 fully saturated rings. The molecular formula is C26H40O12. The van der Waals surface area contributed by atoms with Crippen LogP contribution in [0, 0.1) is 16.2 Å². The van der Waals surface area contributed by atoms with E-state index in [1.807, 2.05) is 6.07 Å². The van der Waals surface area contributed by atoms with Crippen LogP contribution in [0.5, 0.6) is 0 Å². The summed E-state index contributed by atoms with van der Waals surface area (Å²) < 4.78 is 0. The van der Waals surface area contributed by atoms with Gasteiger partial charge >= 0.3 is 23.9 Å². The van der Waals surface area contributed by atoms with Crippen molar-refractivity contribution >= 4 is 30.0 Å². The quantitative estimate of drug-likeness (QED) is 0.132. The number of aliphatic carboxylic acids is 4. The molecule has 0 aliphatic rings. The minimum Gasteiger partial charge on any atom is -0.511 e. The van der Waals surface area contributed by atoms with Crippen molar-refractivity contribution in [2.45, 2.75) is 53.4 Å². The fourth-order valence-electron chi connectivity index (χ4n) is 3.15. The van der Waals surface area contributed by atoms with Crippen LogP contribution in [0.25, 0.3) is 6.08 Å². The van der Waals surface area contributed by atoms with E-state index in [0.717, 1.165) is 5.56 Å². The Bertz CT molecular complexity index is 831. The summed E-state index contributed by atoms with van der Waals surface area (Å²) >= 11 is 0. The van der Waals surface area contributed by atoms with Crippen LogP contribution >= 0.6 is 0 Å². The molecule has 38 heavy (non-hydrogen) atoms. The van der Waals surface area contributed by atoms with Crippen LogP contribution in [-0.4, -0.2) is 84.6 Å². The van der Waals surface area contributed by atoms with Gasteiger partial charge in [0, 0.05) is 0 Å². The highest BCUT2D eigenvalue weighted by molar-refractivity contribution is 5.98. The smallest absolute Gasteiger partial charge is 0.321 e. The molecule has 0 aliphatic carbocycles. The van der Waals surface area contributed by atoms with Crippen molar-refractivity contribution in [3.63, 3.8) is 0 Å². The second-order valence-electron chi connectivity index (χ2n) is 8.49. The van der Waals surface area contributed by atoms with Gasteiger partial charge in [0.05, 0.1) is 25.2 Å². The first-order valence-corrected chi connectivity index (χ1v) is 11.9. The van der Waals surface area contributed by atoms with Gasteiger partial charge < -0.3 is 40.9 Å². The van der Waals surface area contributed by atoms with Gasteiger partial charge in [0.1, 0.15) is 5.76 Å². The molecule has 0 bridgehead atoms. The third kappa shape index (κ3) is 9.12. The normalized spacial score (nSPS) is 11.8. The maximum absolute atomic E-state index is 10.5. The van der Waals surface area contributed by atoms with Crippen molar-refractivity contribution in [2.24, 2.45) is 16.2 Å². The van der Waals surface area contributed by atoms with E-state index in [1.54, 1.807) is 52.0 Å². The molecule has 8 N–H and O–H groups in total. The van der Waals surface area contributed by atoms with Crippen molar-refractivity contribution in [1.29, 1.82) is 0 Å². The van der Waals surface area contributed by atoms with Gasteiger partial charge in [-0.25, -0.2) is 0 Å². The van der Waals surface area contributed by atoms with Crippen molar-refractivity contribution in [3.05, 3.63) is 41.7 Å². The fourth-order valence-corrected chi connectivity index (χ4v) is 3.15. The molecule has 0 unspecified atom stereocenters. The molecule has 0 saturated carbocycles. The molecule has 1 aromatic rings. The maximum atomic E-state index is 10.5. The largest absolute Gasteiger partial charge is 0.511 e. The van der Waals surface area contributed by atoms with Gasteiger partial charge in [-0.15, -0.1) is 0 Å². The van der Waals surface area contributed by atoms with Crippen LogP contribution in [0.3, 0.4) is 0 Å². The van der Waals surface area contributed by atoms with Crippen LogP contribution in [0.1, 0.15) is 58.9 Å². The Kier molecular flexibility index (Phi) is 16.5. The molecule has 0 radical (unpaired) electrons. The highest BCUT2D eigenvalue weighted by Crippen LogP contribution is 2.28. The Balaban J connectivity index is 0. The summed E-state index contributed by atoms with van der Waals surface area (Å²) in [6.07, 6.45) is 1.90. The Hall–Kier alpha value is -3.48. The number of hydrogen-bond donors (Lipinski definition) is 8. The highest BCUT2D eigenvalue weighted by atomic mass is 16.4. The average Bonchev–Trinajstić information content (AvgIpc) is 2.88. The monoisotopic (exact) mass is 544 g/mol. The van der Waals surface area contributed by atoms with Crippen LogP contribution in [0.2, 0.25) is 0 Å². The molecule has 216 valence electrons. The van der Waals surface area contributed by atoms with Crippen LogP contribution in [0.15, 0.2) is 36.1 Å². The standard InChI is InChI=1S/C12H16O4.2C7H12O4/c13-7-12(8-14,9-15)11(16)6-10-4-2-1-3-5-10;2*1-3-7(4-2,5(8)9)6(10)11/h1-6,13-16H,7-9H2;2*3-4H2,1-2H3,(H,8,9)(H,10,11). The minimum absolute atomic E-state index is 0.119. The Labute approximate surface area is 221 Å². The highest BCUT2D eigenvalue weighted by Gasteiger charge is 2.43. The van der Waals surface area contributed by atoms with E-state index in [-0.39, 0.29) is 31.4 Å². The third-order valence-corrected chi connectivity index (χ3v) is 6.61. The first-order valence-electron chi connectivity index (χ1n) is 11.9.